The fourth-order valence-electron chi connectivity index (χ4n) is 2.82. The molecule has 1 aromatic heterocycles. The molecule has 0 amide bonds. The van der Waals surface area contributed by atoms with Crippen molar-refractivity contribution in [2.24, 2.45) is 5.10 Å². The summed E-state index contributed by atoms with van der Waals surface area (Å²) in [6.07, 6.45) is 3.83. The van der Waals surface area contributed by atoms with Crippen LogP contribution in [0.1, 0.15) is 11.1 Å². The number of nitrogens with zero attached hydrogens (tertiary/aromatic N) is 2. The molecular formula is C22H21N3O4. The van der Waals surface area contributed by atoms with Crippen molar-refractivity contribution in [2.75, 3.05) is 19.1 Å². The van der Waals surface area contributed by atoms with Crippen LogP contribution in [0.2, 0.25) is 0 Å². The van der Waals surface area contributed by atoms with Crippen LogP contribution in [0.15, 0.2) is 66.3 Å². The summed E-state index contributed by atoms with van der Waals surface area (Å²) in [6, 6.07) is 15.2. The molecule has 2 aromatic carbocycles. The van der Waals surface area contributed by atoms with Crippen LogP contribution < -0.4 is 14.9 Å². The number of benzene rings is 2. The summed E-state index contributed by atoms with van der Waals surface area (Å²) in [5, 5.41) is 14.2. The number of nitrogens with one attached hydrogen (secondary N) is 1. The zero-order chi connectivity index (χ0) is 20.6. The van der Waals surface area contributed by atoms with Gasteiger partial charge in [-0.25, -0.2) is 9.78 Å². The lowest BCUT2D eigenvalue weighted by Crippen LogP contribution is -2.11. The second-order valence-electron chi connectivity index (χ2n) is 6.15. The Morgan fingerprint density at radius 2 is 2.10 bits per heavy atom. The lowest BCUT2D eigenvalue weighted by molar-refractivity contribution is -0.139. The number of anilines is 1. The van der Waals surface area contributed by atoms with E-state index in [0.29, 0.717) is 23.7 Å². The zero-order valence-electron chi connectivity index (χ0n) is 16.0. The second-order valence-corrected chi connectivity index (χ2v) is 6.15. The van der Waals surface area contributed by atoms with Crippen LogP contribution in [0.3, 0.4) is 0 Å². The predicted octanol–water partition coefficient (Wildman–Crippen LogP) is 3.88. The highest BCUT2D eigenvalue weighted by Crippen LogP contribution is 2.33. The second kappa shape index (κ2) is 9.36. The maximum atomic E-state index is 10.8. The van der Waals surface area contributed by atoms with E-state index >= 15 is 0 Å². The number of carboxylic acid groups (broad SMARTS) is 1. The molecule has 2 N–H and O–H groups in total. The molecule has 0 saturated heterocycles. The summed E-state index contributed by atoms with van der Waals surface area (Å²) >= 11 is 0. The molecule has 7 heteroatoms. The van der Waals surface area contributed by atoms with Gasteiger partial charge in [0.05, 0.1) is 18.8 Å². The Balaban J connectivity index is 1.82. The highest BCUT2D eigenvalue weighted by Gasteiger charge is 2.13. The van der Waals surface area contributed by atoms with E-state index in [9.17, 15) is 4.79 Å². The number of ether oxygens (including phenoxy) is 2. The number of rotatable bonds is 9. The molecule has 0 unspecified atom stereocenters. The lowest BCUT2D eigenvalue weighted by atomic mass is 10.1. The van der Waals surface area contributed by atoms with Gasteiger partial charge in [0, 0.05) is 10.9 Å². The molecular weight excluding hydrogens is 370 g/mol. The van der Waals surface area contributed by atoms with Crippen LogP contribution in [0, 0.1) is 0 Å². The van der Waals surface area contributed by atoms with Crippen molar-refractivity contribution in [3.63, 3.8) is 0 Å². The molecule has 7 nitrogen and oxygen atoms in total. The number of aliphatic carboxylic acids is 1. The van der Waals surface area contributed by atoms with E-state index < -0.39 is 12.6 Å². The van der Waals surface area contributed by atoms with Crippen LogP contribution in [0.25, 0.3) is 10.9 Å². The van der Waals surface area contributed by atoms with Crippen molar-refractivity contribution in [3.8, 4) is 11.5 Å². The summed E-state index contributed by atoms with van der Waals surface area (Å²) in [7, 11) is 1.50. The number of para-hydroxylation sites is 1. The number of carbonyl (C=O) groups is 1. The first-order valence-corrected chi connectivity index (χ1v) is 8.92. The molecule has 3 rings (SSSR count). The molecule has 0 atom stereocenters. The van der Waals surface area contributed by atoms with Gasteiger partial charge in [-0.05, 0) is 42.3 Å². The Morgan fingerprint density at radius 3 is 2.86 bits per heavy atom. The van der Waals surface area contributed by atoms with Gasteiger partial charge in [0.2, 0.25) is 0 Å². The summed E-state index contributed by atoms with van der Waals surface area (Å²) in [5.41, 5.74) is 5.31. The Kier molecular flexibility index (Phi) is 6.42. The van der Waals surface area contributed by atoms with Crippen molar-refractivity contribution in [1.82, 2.24) is 4.98 Å². The third-order valence-electron chi connectivity index (χ3n) is 4.07. The van der Waals surface area contributed by atoms with Crippen LogP contribution in [-0.4, -0.2) is 36.0 Å². The van der Waals surface area contributed by atoms with E-state index in [4.69, 9.17) is 14.6 Å². The van der Waals surface area contributed by atoms with Gasteiger partial charge >= 0.3 is 5.97 Å². The van der Waals surface area contributed by atoms with Crippen LogP contribution in [-0.2, 0) is 11.2 Å². The van der Waals surface area contributed by atoms with Gasteiger partial charge < -0.3 is 14.6 Å². The van der Waals surface area contributed by atoms with E-state index in [-0.39, 0.29) is 0 Å². The Hall–Kier alpha value is -3.87. The Labute approximate surface area is 168 Å². The normalized spacial score (nSPS) is 10.8. The predicted molar refractivity (Wildman–Crippen MR) is 113 cm³/mol. The van der Waals surface area contributed by atoms with Crippen LogP contribution in [0.5, 0.6) is 11.5 Å². The molecule has 0 aliphatic carbocycles. The molecule has 0 spiro atoms. The maximum Gasteiger partial charge on any atom is 0.341 e. The standard InChI is InChI=1S/C22H21N3O4/c1-3-6-17-11-15(12-19(28-2)22(17)29-14-21(26)27)13-23-25-20-10-9-16-7-4-5-8-18(16)24-20/h3-5,7-13H,1,6,14H2,2H3,(H,24,25)(H,26,27)/b23-13-. The largest absolute Gasteiger partial charge is 0.493 e. The zero-order valence-corrected chi connectivity index (χ0v) is 16.0. The number of allylic oxidation sites excluding steroid dienone is 1. The van der Waals surface area contributed by atoms with Crippen molar-refractivity contribution < 1.29 is 19.4 Å². The van der Waals surface area contributed by atoms with E-state index in [0.717, 1.165) is 22.0 Å². The average Bonchev–Trinajstić information content (AvgIpc) is 2.72. The molecule has 0 aliphatic heterocycles. The fourth-order valence-corrected chi connectivity index (χ4v) is 2.82. The van der Waals surface area contributed by atoms with Crippen molar-refractivity contribution >= 4 is 28.9 Å². The highest BCUT2D eigenvalue weighted by molar-refractivity contribution is 5.83. The molecule has 1 heterocycles. The molecule has 29 heavy (non-hydrogen) atoms. The minimum atomic E-state index is -1.06. The van der Waals surface area contributed by atoms with Crippen molar-refractivity contribution in [2.45, 2.75) is 6.42 Å². The number of methoxy groups -OCH3 is 1. The molecule has 0 aliphatic rings. The summed E-state index contributed by atoms with van der Waals surface area (Å²) in [4.78, 5) is 15.3. The van der Waals surface area contributed by atoms with Crippen LogP contribution in [0.4, 0.5) is 5.82 Å². The summed E-state index contributed by atoms with van der Waals surface area (Å²) in [5.74, 6) is 0.376. The van der Waals surface area contributed by atoms with Gasteiger partial charge in [0.1, 0.15) is 5.82 Å². The average molecular weight is 391 g/mol. The van der Waals surface area contributed by atoms with Gasteiger partial charge in [-0.15, -0.1) is 6.58 Å². The number of hydrogen-bond donors (Lipinski definition) is 2. The van der Waals surface area contributed by atoms with E-state index in [1.165, 1.54) is 7.11 Å². The minimum Gasteiger partial charge on any atom is -0.493 e. The molecule has 0 fully saturated rings. The van der Waals surface area contributed by atoms with Gasteiger partial charge in [0.15, 0.2) is 18.1 Å². The van der Waals surface area contributed by atoms with Crippen molar-refractivity contribution in [1.29, 1.82) is 0 Å². The van der Waals surface area contributed by atoms with E-state index in [2.05, 4.69) is 22.1 Å². The third kappa shape index (κ3) is 5.10. The smallest absolute Gasteiger partial charge is 0.341 e. The minimum absolute atomic E-state index is 0.385. The van der Waals surface area contributed by atoms with E-state index in [1.807, 2.05) is 42.5 Å². The summed E-state index contributed by atoms with van der Waals surface area (Å²) < 4.78 is 10.8. The molecule has 0 saturated carbocycles. The number of pyridine rings is 1. The topological polar surface area (TPSA) is 93.0 Å². The number of hydrazone groups is 1. The first-order chi connectivity index (χ1) is 14.1. The Morgan fingerprint density at radius 1 is 1.28 bits per heavy atom. The highest BCUT2D eigenvalue weighted by atomic mass is 16.5. The van der Waals surface area contributed by atoms with Gasteiger partial charge in [0.25, 0.3) is 0 Å². The van der Waals surface area contributed by atoms with Crippen molar-refractivity contribution in [3.05, 3.63) is 72.3 Å². The quantitative estimate of drug-likeness (QED) is 0.327. The van der Waals surface area contributed by atoms with Gasteiger partial charge in [-0.3, -0.25) is 5.43 Å². The number of fused-ring (bicyclic) bond motifs is 1. The fraction of sp³-hybridized carbons (Fsp3) is 0.136. The molecule has 0 radical (unpaired) electrons. The lowest BCUT2D eigenvalue weighted by Gasteiger charge is -2.14. The maximum absolute atomic E-state index is 10.8. The third-order valence-corrected chi connectivity index (χ3v) is 4.07. The number of aromatic nitrogens is 1. The summed E-state index contributed by atoms with van der Waals surface area (Å²) in [6.45, 7) is 3.28. The van der Waals surface area contributed by atoms with Crippen LogP contribution >= 0.6 is 0 Å². The van der Waals surface area contributed by atoms with Gasteiger partial charge in [-0.1, -0.05) is 24.3 Å². The SMILES string of the molecule is C=CCc1cc(/C=N\Nc2ccc3ccccc3n2)cc(OC)c1OCC(=O)O. The first kappa shape index (κ1) is 19.9. The molecule has 0 bridgehead atoms. The molecule has 148 valence electrons. The monoisotopic (exact) mass is 391 g/mol. The van der Waals surface area contributed by atoms with Gasteiger partial charge in [-0.2, -0.15) is 5.10 Å². The number of hydrogen-bond acceptors (Lipinski definition) is 6. The molecule has 3 aromatic rings. The van der Waals surface area contributed by atoms with E-state index in [1.54, 1.807) is 18.4 Å². The first-order valence-electron chi connectivity index (χ1n) is 8.92. The number of carboxylic acids is 1. The Bertz CT molecular complexity index is 1060.